The average Bonchev–Trinajstić information content (AvgIpc) is 3.63. The predicted molar refractivity (Wildman–Crippen MR) is 148 cm³/mol. The Labute approximate surface area is 239 Å². The number of carbonyl (C=O) groups excluding carboxylic acids is 3. The lowest BCUT2D eigenvalue weighted by atomic mass is 10.1. The summed E-state index contributed by atoms with van der Waals surface area (Å²) in [5, 5.41) is 2.66. The molecule has 0 bridgehead atoms. The van der Waals surface area contributed by atoms with Crippen LogP contribution >= 0.6 is 27.5 Å². The molecule has 1 saturated heterocycles. The summed E-state index contributed by atoms with van der Waals surface area (Å²) in [5.74, 6) is -1.01. The van der Waals surface area contributed by atoms with Crippen LogP contribution in [0.3, 0.4) is 0 Å². The number of likely N-dealkylation sites (N-methyl/N-ethyl adjacent to an activating group) is 1. The largest absolute Gasteiger partial charge is 0.457 e. The molecule has 39 heavy (non-hydrogen) atoms. The van der Waals surface area contributed by atoms with E-state index in [2.05, 4.69) is 33.4 Å². The van der Waals surface area contributed by atoms with Gasteiger partial charge in [-0.1, -0.05) is 63.9 Å². The molecule has 1 aliphatic carbocycles. The lowest BCUT2D eigenvalue weighted by Crippen LogP contribution is -2.46. The van der Waals surface area contributed by atoms with Crippen LogP contribution in [0.15, 0.2) is 71.2 Å². The average molecular weight is 615 g/mol. The molecule has 3 atom stereocenters. The Morgan fingerprint density at radius 1 is 1.15 bits per heavy atom. The van der Waals surface area contributed by atoms with E-state index in [0.717, 1.165) is 10.9 Å². The molecule has 1 N–H and O–H groups in total. The van der Waals surface area contributed by atoms with Crippen LogP contribution in [0, 0.1) is 5.82 Å². The Hall–Kier alpha value is -3.43. The van der Waals surface area contributed by atoms with E-state index in [0.29, 0.717) is 29.5 Å². The van der Waals surface area contributed by atoms with Gasteiger partial charge in [0.05, 0.1) is 11.1 Å². The number of hydrogen-bond acceptors (Lipinski definition) is 4. The second kappa shape index (κ2) is 11.4. The molecule has 3 amide bonds. The zero-order chi connectivity index (χ0) is 27.7. The summed E-state index contributed by atoms with van der Waals surface area (Å²) in [5.41, 5.74) is 1.84. The molecule has 0 aromatic heterocycles. The molecule has 2 aliphatic rings. The highest BCUT2D eigenvalue weighted by Gasteiger charge is 2.48. The molecule has 5 rings (SSSR count). The number of likely N-dealkylation sites (tertiary alicyclic amines) is 1. The maximum Gasteiger partial charge on any atom is 0.311 e. The van der Waals surface area contributed by atoms with Gasteiger partial charge in [0, 0.05) is 54.6 Å². The Morgan fingerprint density at radius 3 is 2.67 bits per heavy atom. The third-order valence-corrected chi connectivity index (χ3v) is 7.76. The number of nitrogens with one attached hydrogen (secondary N) is 1. The molecule has 1 saturated carbocycles. The van der Waals surface area contributed by atoms with Gasteiger partial charge < -0.3 is 19.9 Å². The summed E-state index contributed by atoms with van der Waals surface area (Å²) in [7, 11) is 1.52. The fourth-order valence-corrected chi connectivity index (χ4v) is 5.41. The van der Waals surface area contributed by atoms with Crippen molar-refractivity contribution in [2.24, 2.45) is 0 Å². The van der Waals surface area contributed by atoms with Gasteiger partial charge in [0.25, 0.3) is 0 Å². The Balaban J connectivity index is 1.18. The topological polar surface area (TPSA) is 79.0 Å². The van der Waals surface area contributed by atoms with Crippen molar-refractivity contribution in [3.05, 3.63) is 93.2 Å². The van der Waals surface area contributed by atoms with Crippen molar-refractivity contribution in [1.82, 2.24) is 15.1 Å². The van der Waals surface area contributed by atoms with Crippen molar-refractivity contribution < 1.29 is 23.5 Å². The second-order valence-corrected chi connectivity index (χ2v) is 11.2. The van der Waals surface area contributed by atoms with Gasteiger partial charge in [-0.25, -0.2) is 4.39 Å². The Bertz CT molecular complexity index is 1420. The van der Waals surface area contributed by atoms with Crippen LogP contribution < -0.4 is 10.1 Å². The second-order valence-electron chi connectivity index (χ2n) is 9.83. The molecule has 0 spiro atoms. The lowest BCUT2D eigenvalue weighted by molar-refractivity contribution is -0.145. The van der Waals surface area contributed by atoms with Crippen molar-refractivity contribution in [3.8, 4) is 11.5 Å². The zero-order valence-electron chi connectivity index (χ0n) is 21.1. The maximum absolute atomic E-state index is 13.5. The molecule has 3 aromatic carbocycles. The van der Waals surface area contributed by atoms with Crippen molar-refractivity contribution in [3.63, 3.8) is 0 Å². The fourth-order valence-electron chi connectivity index (χ4n) is 4.90. The summed E-state index contributed by atoms with van der Waals surface area (Å²) >= 11 is 9.27. The number of carbonyl (C=O) groups is 3. The molecule has 3 unspecified atom stereocenters. The molecule has 0 radical (unpaired) electrons. The van der Waals surface area contributed by atoms with Crippen LogP contribution in [0.4, 0.5) is 4.39 Å². The highest BCUT2D eigenvalue weighted by molar-refractivity contribution is 9.10. The quantitative estimate of drug-likeness (QED) is 0.368. The van der Waals surface area contributed by atoms with Crippen molar-refractivity contribution in [1.29, 1.82) is 0 Å². The van der Waals surface area contributed by atoms with Gasteiger partial charge in [0.1, 0.15) is 17.3 Å². The normalized spacial score (nSPS) is 20.1. The molecule has 3 aromatic rings. The van der Waals surface area contributed by atoms with Crippen molar-refractivity contribution in [2.45, 2.75) is 37.4 Å². The number of nitrogens with zero attached hydrogens (tertiary/aromatic N) is 2. The number of rotatable bonds is 7. The van der Waals surface area contributed by atoms with Crippen LogP contribution in [0.1, 0.15) is 29.9 Å². The maximum atomic E-state index is 13.5. The number of hydrogen-bond donors (Lipinski definition) is 1. The minimum atomic E-state index is -0.766. The summed E-state index contributed by atoms with van der Waals surface area (Å²) in [6.07, 6.45) is 1.07. The van der Waals surface area contributed by atoms with E-state index in [4.69, 9.17) is 16.3 Å². The molecule has 2 fully saturated rings. The third kappa shape index (κ3) is 6.25. The monoisotopic (exact) mass is 613 g/mol. The van der Waals surface area contributed by atoms with Gasteiger partial charge in [-0.15, -0.1) is 0 Å². The Morgan fingerprint density at radius 2 is 1.92 bits per heavy atom. The first kappa shape index (κ1) is 27.1. The number of benzene rings is 3. The van der Waals surface area contributed by atoms with Crippen LogP contribution in [0.5, 0.6) is 11.5 Å². The molecule has 10 heteroatoms. The minimum Gasteiger partial charge on any atom is -0.457 e. The van der Waals surface area contributed by atoms with E-state index in [9.17, 15) is 18.8 Å². The molecule has 1 heterocycles. The molecular weight excluding hydrogens is 589 g/mol. The van der Waals surface area contributed by atoms with E-state index in [1.165, 1.54) is 35.7 Å². The third-order valence-electron chi connectivity index (χ3n) is 6.98. The first-order valence-corrected chi connectivity index (χ1v) is 13.7. The van der Waals surface area contributed by atoms with Gasteiger partial charge in [-0.2, -0.15) is 0 Å². The van der Waals surface area contributed by atoms with Crippen LogP contribution in [0.2, 0.25) is 5.02 Å². The predicted octanol–water partition coefficient (Wildman–Crippen LogP) is 5.27. The smallest absolute Gasteiger partial charge is 0.311 e. The zero-order valence-corrected chi connectivity index (χ0v) is 23.4. The summed E-state index contributed by atoms with van der Waals surface area (Å²) in [6, 6.07) is 19.1. The summed E-state index contributed by atoms with van der Waals surface area (Å²) in [4.78, 5) is 41.5. The van der Waals surface area contributed by atoms with E-state index >= 15 is 0 Å². The van der Waals surface area contributed by atoms with Crippen LogP contribution in [0.25, 0.3) is 0 Å². The van der Waals surface area contributed by atoms with E-state index in [1.54, 1.807) is 18.2 Å². The van der Waals surface area contributed by atoms with Gasteiger partial charge in [-0.05, 0) is 36.2 Å². The van der Waals surface area contributed by atoms with Gasteiger partial charge >= 0.3 is 11.8 Å². The highest BCUT2D eigenvalue weighted by Crippen LogP contribution is 2.46. The van der Waals surface area contributed by atoms with E-state index in [-0.39, 0.29) is 29.9 Å². The van der Waals surface area contributed by atoms with E-state index < -0.39 is 23.7 Å². The van der Waals surface area contributed by atoms with Gasteiger partial charge in [-0.3, -0.25) is 14.4 Å². The number of ether oxygens (including phenoxy) is 1. The summed E-state index contributed by atoms with van der Waals surface area (Å²) < 4.78 is 20.2. The molecular formula is C29H26BrClFN3O4. The van der Waals surface area contributed by atoms with Crippen molar-refractivity contribution >= 4 is 45.3 Å². The molecule has 1 aliphatic heterocycles. The first-order chi connectivity index (χ1) is 18.7. The number of halogens is 3. The Kier molecular flexibility index (Phi) is 7.91. The van der Waals surface area contributed by atoms with Gasteiger partial charge in [0.2, 0.25) is 5.91 Å². The van der Waals surface area contributed by atoms with Crippen LogP contribution in [-0.4, -0.2) is 53.2 Å². The van der Waals surface area contributed by atoms with E-state index in [1.807, 2.05) is 23.1 Å². The first-order valence-electron chi connectivity index (χ1n) is 12.5. The molecule has 202 valence electrons. The standard InChI is InChI=1S/C29H26BrClFN3O4/c1-34(15-18-7-8-19(30)11-26(18)39-21-9-10-24(32)23(31)13-21)29(38)28(37)33-20-12-27(36)35(16-20)25-14-22(25)17-5-3-2-4-6-17/h2-11,13,20,22,25H,12,14-16H2,1H3,(H,33,37). The molecule has 7 nitrogen and oxygen atoms in total. The van der Waals surface area contributed by atoms with Crippen molar-refractivity contribution in [2.75, 3.05) is 13.6 Å². The van der Waals surface area contributed by atoms with Crippen LogP contribution in [-0.2, 0) is 20.9 Å². The SMILES string of the molecule is CN(Cc1ccc(Br)cc1Oc1ccc(F)c(Cl)c1)C(=O)C(=O)NC1CC(=O)N(C2CC2c2ccccc2)C1. The minimum absolute atomic E-state index is 0.0120. The lowest BCUT2D eigenvalue weighted by Gasteiger charge is -2.21. The number of amides is 3. The highest BCUT2D eigenvalue weighted by atomic mass is 79.9. The fraction of sp³-hybridized carbons (Fsp3) is 0.276. The van der Waals surface area contributed by atoms with Gasteiger partial charge in [0.15, 0.2) is 0 Å². The summed E-state index contributed by atoms with van der Waals surface area (Å²) in [6.45, 7) is 0.473.